The second-order valence-electron chi connectivity index (χ2n) is 8.94. The average molecular weight is 447 g/mol. The van der Waals surface area contributed by atoms with E-state index in [0.717, 1.165) is 33.4 Å². The van der Waals surface area contributed by atoms with Gasteiger partial charge in [0.25, 0.3) is 0 Å². The summed E-state index contributed by atoms with van der Waals surface area (Å²) in [4.78, 5) is 0. The van der Waals surface area contributed by atoms with Crippen LogP contribution in [-0.4, -0.2) is 0 Å². The van der Waals surface area contributed by atoms with Crippen LogP contribution in [0.4, 0.5) is 0 Å². The molecule has 7 aromatic rings. The van der Waals surface area contributed by atoms with Crippen molar-refractivity contribution in [1.29, 1.82) is 0 Å². The maximum absolute atomic E-state index is 6.82. The van der Waals surface area contributed by atoms with E-state index in [1.54, 1.807) is 0 Å². The van der Waals surface area contributed by atoms with Gasteiger partial charge in [-0.25, -0.2) is 0 Å². The third-order valence-corrected chi connectivity index (χ3v) is 6.87. The van der Waals surface area contributed by atoms with Gasteiger partial charge in [0.2, 0.25) is 0 Å². The van der Waals surface area contributed by atoms with Crippen molar-refractivity contribution in [2.75, 3.05) is 0 Å². The van der Waals surface area contributed by atoms with E-state index in [1.165, 1.54) is 32.7 Å². The quantitative estimate of drug-likeness (QED) is 0.246. The van der Waals surface area contributed by atoms with Crippen molar-refractivity contribution < 1.29 is 4.42 Å². The molecule has 0 spiro atoms. The molecule has 164 valence electrons. The first-order chi connectivity index (χ1) is 17.4. The van der Waals surface area contributed by atoms with Gasteiger partial charge in [0.1, 0.15) is 11.5 Å². The first kappa shape index (κ1) is 19.8. The summed E-state index contributed by atoms with van der Waals surface area (Å²) in [6.07, 6.45) is 0. The van der Waals surface area contributed by atoms with Gasteiger partial charge in [-0.2, -0.15) is 0 Å². The van der Waals surface area contributed by atoms with Crippen molar-refractivity contribution in [3.8, 4) is 33.8 Å². The monoisotopic (exact) mass is 446 g/mol. The summed E-state index contributed by atoms with van der Waals surface area (Å²) in [5, 5.41) is 7.16. The zero-order valence-corrected chi connectivity index (χ0v) is 19.1. The van der Waals surface area contributed by atoms with E-state index in [1.807, 2.05) is 0 Å². The van der Waals surface area contributed by atoms with Crippen LogP contribution in [0, 0.1) is 0 Å². The molecule has 0 aliphatic carbocycles. The highest BCUT2D eigenvalue weighted by molar-refractivity contribution is 6.11. The molecule has 7 rings (SSSR count). The summed E-state index contributed by atoms with van der Waals surface area (Å²) in [6, 6.07) is 47.1. The molecule has 0 bridgehead atoms. The molecule has 0 aliphatic rings. The summed E-state index contributed by atoms with van der Waals surface area (Å²) in [6.45, 7) is 0. The van der Waals surface area contributed by atoms with E-state index in [0.29, 0.717) is 0 Å². The van der Waals surface area contributed by atoms with Gasteiger partial charge >= 0.3 is 0 Å². The Hall–Kier alpha value is -4.62. The highest BCUT2D eigenvalue weighted by Crippen LogP contribution is 2.44. The first-order valence-electron chi connectivity index (χ1n) is 11.9. The van der Waals surface area contributed by atoms with Crippen molar-refractivity contribution >= 4 is 32.3 Å². The fraction of sp³-hybridized carbons (Fsp3) is 0. The molecule has 0 saturated carbocycles. The van der Waals surface area contributed by atoms with E-state index < -0.39 is 0 Å². The second kappa shape index (κ2) is 8.00. The van der Waals surface area contributed by atoms with Gasteiger partial charge in [0, 0.05) is 21.9 Å². The summed E-state index contributed by atoms with van der Waals surface area (Å²) in [7, 11) is 0. The largest absolute Gasteiger partial charge is 0.455 e. The topological polar surface area (TPSA) is 13.1 Å². The van der Waals surface area contributed by atoms with Gasteiger partial charge in [-0.05, 0) is 44.8 Å². The van der Waals surface area contributed by atoms with E-state index in [9.17, 15) is 0 Å². The molecule has 0 atom stereocenters. The van der Waals surface area contributed by atoms with E-state index in [-0.39, 0.29) is 0 Å². The minimum absolute atomic E-state index is 0.910. The van der Waals surface area contributed by atoms with Gasteiger partial charge in [-0.3, -0.25) is 0 Å². The predicted octanol–water partition coefficient (Wildman–Crippen LogP) is 9.74. The molecule has 0 aliphatic heterocycles. The van der Waals surface area contributed by atoms with Gasteiger partial charge in [0.05, 0.1) is 0 Å². The highest BCUT2D eigenvalue weighted by atomic mass is 16.3. The van der Waals surface area contributed by atoms with E-state index >= 15 is 0 Å². The summed E-state index contributed by atoms with van der Waals surface area (Å²) < 4.78 is 6.82. The molecular weight excluding hydrogens is 424 g/mol. The second-order valence-corrected chi connectivity index (χ2v) is 8.94. The van der Waals surface area contributed by atoms with Gasteiger partial charge in [-0.15, -0.1) is 0 Å². The molecule has 0 unspecified atom stereocenters. The number of hydrogen-bond donors (Lipinski definition) is 0. The Kier molecular flexibility index (Phi) is 4.53. The Morgan fingerprint density at radius 2 is 0.886 bits per heavy atom. The molecule has 0 saturated heterocycles. The Bertz CT molecular complexity index is 1840. The SMILES string of the molecule is c1ccc(-c2ccccc2-c2oc(-c3cccc4cc5ccccc5cc34)c3ccccc23)cc1. The molecule has 1 aromatic heterocycles. The molecule has 0 fully saturated rings. The lowest BCUT2D eigenvalue weighted by Crippen LogP contribution is -1.83. The Balaban J connectivity index is 1.52. The van der Waals surface area contributed by atoms with Gasteiger partial charge in [0.15, 0.2) is 0 Å². The predicted molar refractivity (Wildman–Crippen MR) is 148 cm³/mol. The van der Waals surface area contributed by atoms with Crippen LogP contribution in [0.3, 0.4) is 0 Å². The van der Waals surface area contributed by atoms with Crippen LogP contribution in [-0.2, 0) is 0 Å². The van der Waals surface area contributed by atoms with Crippen molar-refractivity contribution in [2.24, 2.45) is 0 Å². The molecule has 1 heteroatoms. The van der Waals surface area contributed by atoms with Crippen LogP contribution in [0.2, 0.25) is 0 Å². The maximum atomic E-state index is 6.82. The van der Waals surface area contributed by atoms with E-state index in [4.69, 9.17) is 4.42 Å². The number of fused-ring (bicyclic) bond motifs is 3. The third kappa shape index (κ3) is 3.25. The number of hydrogen-bond acceptors (Lipinski definition) is 1. The van der Waals surface area contributed by atoms with Crippen molar-refractivity contribution in [3.05, 3.63) is 133 Å². The summed E-state index contributed by atoms with van der Waals surface area (Å²) in [5.41, 5.74) is 4.57. The molecular formula is C34H22O. The van der Waals surface area contributed by atoms with Gasteiger partial charge in [-0.1, -0.05) is 121 Å². The smallest absolute Gasteiger partial charge is 0.143 e. The summed E-state index contributed by atoms with van der Waals surface area (Å²) in [5.74, 6) is 1.83. The molecule has 0 radical (unpaired) electrons. The number of benzene rings is 6. The number of rotatable bonds is 3. The van der Waals surface area contributed by atoms with Crippen molar-refractivity contribution in [3.63, 3.8) is 0 Å². The van der Waals surface area contributed by atoms with Crippen LogP contribution in [0.5, 0.6) is 0 Å². The fourth-order valence-corrected chi connectivity index (χ4v) is 5.21. The van der Waals surface area contributed by atoms with E-state index in [2.05, 4.69) is 133 Å². The highest BCUT2D eigenvalue weighted by Gasteiger charge is 2.20. The zero-order chi connectivity index (χ0) is 23.2. The molecule has 35 heavy (non-hydrogen) atoms. The average Bonchev–Trinajstić information content (AvgIpc) is 3.31. The van der Waals surface area contributed by atoms with Crippen LogP contribution < -0.4 is 0 Å². The van der Waals surface area contributed by atoms with Crippen molar-refractivity contribution in [1.82, 2.24) is 0 Å². The molecule has 6 aromatic carbocycles. The van der Waals surface area contributed by atoms with Crippen LogP contribution in [0.15, 0.2) is 138 Å². The molecule has 0 N–H and O–H groups in total. The molecule has 0 amide bonds. The zero-order valence-electron chi connectivity index (χ0n) is 19.1. The lowest BCUT2D eigenvalue weighted by molar-refractivity contribution is 0.603. The standard InChI is InChI=1S/C34H22O/c1-2-11-23(12-3-1)27-16-6-7-17-28(27)33-29-18-8-9-19-30(29)34(35-33)31-20-10-15-26-21-24-13-4-5-14-25(24)22-32(26)31/h1-22H. The number of furan rings is 1. The Morgan fingerprint density at radius 1 is 0.343 bits per heavy atom. The molecule has 1 nitrogen and oxygen atoms in total. The normalized spacial score (nSPS) is 11.4. The Labute approximate surface area is 203 Å². The lowest BCUT2D eigenvalue weighted by Gasteiger charge is -2.09. The Morgan fingerprint density at radius 3 is 1.66 bits per heavy atom. The fourth-order valence-electron chi connectivity index (χ4n) is 5.21. The van der Waals surface area contributed by atoms with Crippen molar-refractivity contribution in [2.45, 2.75) is 0 Å². The van der Waals surface area contributed by atoms with Crippen LogP contribution in [0.1, 0.15) is 0 Å². The third-order valence-electron chi connectivity index (χ3n) is 6.87. The molecule has 1 heterocycles. The lowest BCUT2D eigenvalue weighted by atomic mass is 9.95. The minimum Gasteiger partial charge on any atom is -0.455 e. The van der Waals surface area contributed by atoms with Gasteiger partial charge < -0.3 is 4.42 Å². The maximum Gasteiger partial charge on any atom is 0.143 e. The first-order valence-corrected chi connectivity index (χ1v) is 11.9. The van der Waals surface area contributed by atoms with Crippen LogP contribution >= 0.6 is 0 Å². The summed E-state index contributed by atoms with van der Waals surface area (Å²) >= 11 is 0. The minimum atomic E-state index is 0.910. The van der Waals surface area contributed by atoms with Crippen LogP contribution in [0.25, 0.3) is 66.1 Å².